The third-order valence-electron chi connectivity index (χ3n) is 2.65. The topological polar surface area (TPSA) is 22.1 Å². The zero-order valence-electron chi connectivity index (χ0n) is 10.5. The Labute approximate surface area is 130 Å². The van der Waals surface area contributed by atoms with E-state index in [1.807, 2.05) is 26.0 Å². The molecule has 0 saturated carbocycles. The molecule has 0 unspecified atom stereocenters. The summed E-state index contributed by atoms with van der Waals surface area (Å²) in [6.45, 7) is 4.03. The first-order valence-electron chi connectivity index (χ1n) is 5.67. The minimum atomic E-state index is 0.258. The van der Waals surface area contributed by atoms with E-state index in [1.54, 1.807) is 12.1 Å². The summed E-state index contributed by atoms with van der Waals surface area (Å²) >= 11 is 15.3. The smallest absolute Gasteiger partial charge is 0.219 e. The summed E-state index contributed by atoms with van der Waals surface area (Å²) in [7, 11) is 0. The van der Waals surface area contributed by atoms with E-state index in [1.165, 1.54) is 0 Å². The van der Waals surface area contributed by atoms with Crippen molar-refractivity contribution in [3.63, 3.8) is 0 Å². The fraction of sp³-hybridized carbons (Fsp3) is 0.214. The van der Waals surface area contributed by atoms with Crippen LogP contribution < -0.4 is 4.74 Å². The van der Waals surface area contributed by atoms with Crippen LogP contribution in [0.1, 0.15) is 16.8 Å². The molecule has 0 radical (unpaired) electrons. The Hall–Kier alpha value is -0.770. The van der Waals surface area contributed by atoms with E-state index in [0.717, 1.165) is 21.3 Å². The van der Waals surface area contributed by atoms with Crippen LogP contribution in [0.3, 0.4) is 0 Å². The number of nitrogens with zero attached hydrogens (tertiary/aromatic N) is 1. The van der Waals surface area contributed by atoms with Gasteiger partial charge in [-0.25, -0.2) is 4.98 Å². The van der Waals surface area contributed by atoms with Gasteiger partial charge in [-0.05, 0) is 43.2 Å². The molecular formula is C14H12BrCl2NO. The van der Waals surface area contributed by atoms with Crippen LogP contribution >= 0.6 is 39.1 Å². The number of rotatable bonds is 3. The van der Waals surface area contributed by atoms with Crippen molar-refractivity contribution in [3.8, 4) is 11.6 Å². The van der Waals surface area contributed by atoms with Crippen molar-refractivity contribution in [2.24, 2.45) is 0 Å². The Morgan fingerprint density at radius 2 is 1.84 bits per heavy atom. The second-order valence-electron chi connectivity index (χ2n) is 4.18. The van der Waals surface area contributed by atoms with E-state index in [9.17, 15) is 0 Å². The lowest BCUT2D eigenvalue weighted by atomic mass is 10.1. The van der Waals surface area contributed by atoms with Gasteiger partial charge in [0.2, 0.25) is 5.88 Å². The monoisotopic (exact) mass is 359 g/mol. The van der Waals surface area contributed by atoms with Gasteiger partial charge < -0.3 is 4.74 Å². The molecule has 19 heavy (non-hydrogen) atoms. The lowest BCUT2D eigenvalue weighted by Gasteiger charge is -2.10. The van der Waals surface area contributed by atoms with Crippen LogP contribution in [-0.4, -0.2) is 4.98 Å². The van der Waals surface area contributed by atoms with Gasteiger partial charge in [0.15, 0.2) is 0 Å². The first-order valence-corrected chi connectivity index (χ1v) is 7.38. The van der Waals surface area contributed by atoms with Gasteiger partial charge in [0.05, 0.1) is 16.6 Å². The van der Waals surface area contributed by atoms with Crippen molar-refractivity contribution in [1.29, 1.82) is 0 Å². The second-order valence-corrected chi connectivity index (χ2v) is 5.65. The fourth-order valence-electron chi connectivity index (χ4n) is 1.70. The number of halogens is 3. The first kappa shape index (κ1) is 14.6. The normalized spacial score (nSPS) is 10.6. The minimum absolute atomic E-state index is 0.258. The molecule has 100 valence electrons. The van der Waals surface area contributed by atoms with E-state index in [-0.39, 0.29) is 5.88 Å². The van der Waals surface area contributed by atoms with Crippen LogP contribution in [-0.2, 0) is 5.88 Å². The first-order chi connectivity index (χ1) is 9.01. The van der Waals surface area contributed by atoms with Gasteiger partial charge in [-0.2, -0.15) is 0 Å². The minimum Gasteiger partial charge on any atom is -0.439 e. The molecule has 0 fully saturated rings. The number of pyridine rings is 1. The number of alkyl halides is 1. The predicted octanol–water partition coefficient (Wildman–Crippen LogP) is 5.65. The maximum Gasteiger partial charge on any atom is 0.219 e. The summed E-state index contributed by atoms with van der Waals surface area (Å²) in [5.74, 6) is 1.49. The Bertz CT molecular complexity index is 593. The molecule has 2 rings (SSSR count). The van der Waals surface area contributed by atoms with E-state index >= 15 is 0 Å². The lowest BCUT2D eigenvalue weighted by molar-refractivity contribution is 0.460. The molecule has 0 spiro atoms. The summed E-state index contributed by atoms with van der Waals surface area (Å²) in [5, 5.41) is 0.547. The van der Waals surface area contributed by atoms with Gasteiger partial charge in [0.1, 0.15) is 5.75 Å². The average molecular weight is 361 g/mol. The molecule has 0 saturated heterocycles. The van der Waals surface area contributed by atoms with Crippen molar-refractivity contribution >= 4 is 39.1 Å². The fourth-order valence-corrected chi connectivity index (χ4v) is 2.37. The number of hydrogen-bond donors (Lipinski definition) is 0. The van der Waals surface area contributed by atoms with Gasteiger partial charge in [-0.3, -0.25) is 0 Å². The maximum atomic E-state index is 5.96. The van der Waals surface area contributed by atoms with Gasteiger partial charge >= 0.3 is 0 Å². The molecule has 0 amide bonds. The molecule has 0 aliphatic heterocycles. The molecule has 0 aliphatic rings. The van der Waals surface area contributed by atoms with E-state index in [0.29, 0.717) is 16.6 Å². The third-order valence-corrected chi connectivity index (χ3v) is 4.50. The van der Waals surface area contributed by atoms with E-state index in [2.05, 4.69) is 20.9 Å². The third kappa shape index (κ3) is 3.41. The highest BCUT2D eigenvalue weighted by molar-refractivity contribution is 9.10. The summed E-state index contributed by atoms with van der Waals surface area (Å²) in [6, 6.07) is 7.37. The van der Waals surface area contributed by atoms with Crippen LogP contribution in [0.25, 0.3) is 0 Å². The van der Waals surface area contributed by atoms with Crippen LogP contribution in [0.2, 0.25) is 5.02 Å². The van der Waals surface area contributed by atoms with Crippen LogP contribution in [0, 0.1) is 13.8 Å². The summed E-state index contributed by atoms with van der Waals surface area (Å²) in [6.07, 6.45) is 0. The largest absolute Gasteiger partial charge is 0.439 e. The highest BCUT2D eigenvalue weighted by Crippen LogP contribution is 2.29. The second kappa shape index (κ2) is 6.12. The van der Waals surface area contributed by atoms with Crippen molar-refractivity contribution in [2.45, 2.75) is 19.7 Å². The van der Waals surface area contributed by atoms with Gasteiger partial charge in [-0.15, -0.1) is 11.6 Å². The Morgan fingerprint density at radius 1 is 1.21 bits per heavy atom. The van der Waals surface area contributed by atoms with Gasteiger partial charge in [0, 0.05) is 10.5 Å². The SMILES string of the molecule is Cc1cc(Oc2ccc(Cl)c(CCl)n2)cc(C)c1Br. The number of aromatic nitrogens is 1. The lowest BCUT2D eigenvalue weighted by Crippen LogP contribution is -1.94. The predicted molar refractivity (Wildman–Crippen MR) is 82.5 cm³/mol. The summed E-state index contributed by atoms with van der Waals surface area (Å²) in [4.78, 5) is 4.27. The molecule has 5 heteroatoms. The van der Waals surface area contributed by atoms with E-state index in [4.69, 9.17) is 27.9 Å². The van der Waals surface area contributed by atoms with Crippen molar-refractivity contribution < 1.29 is 4.74 Å². The molecular weight excluding hydrogens is 349 g/mol. The quantitative estimate of drug-likeness (QED) is 0.660. The standard InChI is InChI=1S/C14H12BrCl2NO/c1-8-5-10(6-9(2)14(8)15)19-13-4-3-11(17)12(7-16)18-13/h3-6H,7H2,1-2H3. The Morgan fingerprint density at radius 3 is 2.42 bits per heavy atom. The molecule has 1 aromatic carbocycles. The average Bonchev–Trinajstić information content (AvgIpc) is 2.38. The number of ether oxygens (including phenoxy) is 1. The van der Waals surface area contributed by atoms with E-state index < -0.39 is 0 Å². The van der Waals surface area contributed by atoms with Crippen molar-refractivity contribution in [1.82, 2.24) is 4.98 Å². The zero-order chi connectivity index (χ0) is 14.0. The zero-order valence-corrected chi connectivity index (χ0v) is 13.6. The molecule has 0 N–H and O–H groups in total. The van der Waals surface area contributed by atoms with Gasteiger partial charge in [0.25, 0.3) is 0 Å². The van der Waals surface area contributed by atoms with Crippen LogP contribution in [0.4, 0.5) is 0 Å². The number of aryl methyl sites for hydroxylation is 2. The Balaban J connectivity index is 2.31. The van der Waals surface area contributed by atoms with Crippen LogP contribution in [0.5, 0.6) is 11.6 Å². The van der Waals surface area contributed by atoms with Crippen LogP contribution in [0.15, 0.2) is 28.7 Å². The maximum absolute atomic E-state index is 5.96. The molecule has 1 heterocycles. The summed E-state index contributed by atoms with van der Waals surface area (Å²) < 4.78 is 6.83. The van der Waals surface area contributed by atoms with Gasteiger partial charge in [-0.1, -0.05) is 27.5 Å². The van der Waals surface area contributed by atoms with Crippen molar-refractivity contribution in [3.05, 3.63) is 50.6 Å². The molecule has 2 aromatic rings. The highest BCUT2D eigenvalue weighted by atomic mass is 79.9. The molecule has 0 aliphatic carbocycles. The molecule has 0 bridgehead atoms. The van der Waals surface area contributed by atoms with Crippen molar-refractivity contribution in [2.75, 3.05) is 0 Å². The number of benzene rings is 1. The Kier molecular flexibility index (Phi) is 4.71. The molecule has 0 atom stereocenters. The molecule has 1 aromatic heterocycles. The highest BCUT2D eigenvalue weighted by Gasteiger charge is 2.07. The number of hydrogen-bond acceptors (Lipinski definition) is 2. The molecule has 2 nitrogen and oxygen atoms in total. The summed E-state index contributed by atoms with van der Waals surface area (Å²) in [5.41, 5.74) is 2.84.